The largest absolute Gasteiger partial charge is 0.490 e. The van der Waals surface area contributed by atoms with Crippen molar-refractivity contribution < 1.29 is 14.3 Å². The van der Waals surface area contributed by atoms with Crippen LogP contribution in [0.1, 0.15) is 12.5 Å². The van der Waals surface area contributed by atoms with Gasteiger partial charge in [0.05, 0.1) is 14.2 Å². The summed E-state index contributed by atoms with van der Waals surface area (Å²) in [5.74, 6) is -0.220. The van der Waals surface area contributed by atoms with Crippen LogP contribution in [0.5, 0.6) is 0 Å². The van der Waals surface area contributed by atoms with Gasteiger partial charge in [0.15, 0.2) is 0 Å². The van der Waals surface area contributed by atoms with Gasteiger partial charge in [-0.1, -0.05) is 30.3 Å². The monoisotopic (exact) mass is 206 g/mol. The van der Waals surface area contributed by atoms with E-state index in [1.807, 2.05) is 37.3 Å². The minimum absolute atomic E-state index is 0.240. The van der Waals surface area contributed by atoms with E-state index in [-0.39, 0.29) is 5.76 Å². The third-order valence-electron chi connectivity index (χ3n) is 2.12. The van der Waals surface area contributed by atoms with Gasteiger partial charge in [-0.3, -0.25) is 0 Å². The van der Waals surface area contributed by atoms with Gasteiger partial charge in [0.1, 0.15) is 0 Å². The topological polar surface area (TPSA) is 35.5 Å². The van der Waals surface area contributed by atoms with Gasteiger partial charge in [-0.15, -0.1) is 0 Å². The van der Waals surface area contributed by atoms with Gasteiger partial charge >= 0.3 is 5.97 Å². The molecule has 0 amide bonds. The average Bonchev–Trinajstić information content (AvgIpc) is 2.30. The molecule has 0 aliphatic rings. The molecule has 0 unspecified atom stereocenters. The summed E-state index contributed by atoms with van der Waals surface area (Å²) >= 11 is 0. The molecule has 0 atom stereocenters. The van der Waals surface area contributed by atoms with Crippen LogP contribution in [-0.4, -0.2) is 20.2 Å². The Balaban J connectivity index is 3.12. The van der Waals surface area contributed by atoms with Crippen LogP contribution in [-0.2, 0) is 14.3 Å². The Hall–Kier alpha value is -1.77. The first-order valence-corrected chi connectivity index (χ1v) is 4.59. The molecule has 1 aromatic rings. The normalized spacial score (nSPS) is 11.7. The Morgan fingerprint density at radius 3 is 2.13 bits per heavy atom. The number of carbonyl (C=O) groups excluding carboxylic acids is 1. The van der Waals surface area contributed by atoms with Gasteiger partial charge in [0, 0.05) is 5.57 Å². The quantitative estimate of drug-likeness (QED) is 0.432. The van der Waals surface area contributed by atoms with Crippen molar-refractivity contribution in [1.29, 1.82) is 0 Å². The van der Waals surface area contributed by atoms with Crippen molar-refractivity contribution in [1.82, 2.24) is 0 Å². The molecule has 0 aliphatic carbocycles. The Labute approximate surface area is 89.3 Å². The number of ether oxygens (including phenoxy) is 2. The Morgan fingerprint density at radius 2 is 1.67 bits per heavy atom. The van der Waals surface area contributed by atoms with E-state index in [2.05, 4.69) is 4.74 Å². The molecule has 0 saturated carbocycles. The van der Waals surface area contributed by atoms with Gasteiger partial charge in [-0.05, 0) is 12.5 Å². The Morgan fingerprint density at radius 1 is 1.07 bits per heavy atom. The molecule has 15 heavy (non-hydrogen) atoms. The van der Waals surface area contributed by atoms with Crippen molar-refractivity contribution in [3.8, 4) is 0 Å². The molecule has 0 radical (unpaired) electrons. The summed E-state index contributed by atoms with van der Waals surface area (Å²) < 4.78 is 9.65. The number of rotatable bonds is 3. The lowest BCUT2D eigenvalue weighted by atomic mass is 10.1. The molecule has 0 aliphatic heterocycles. The summed E-state index contributed by atoms with van der Waals surface area (Å²) in [5, 5.41) is 0. The van der Waals surface area contributed by atoms with Crippen LogP contribution in [0.3, 0.4) is 0 Å². The fourth-order valence-corrected chi connectivity index (χ4v) is 1.30. The van der Waals surface area contributed by atoms with Crippen LogP contribution in [0.2, 0.25) is 0 Å². The highest BCUT2D eigenvalue weighted by atomic mass is 16.6. The van der Waals surface area contributed by atoms with E-state index < -0.39 is 5.97 Å². The predicted octanol–water partition coefficient (Wildman–Crippen LogP) is 2.24. The minimum atomic E-state index is -0.459. The number of hydrogen-bond acceptors (Lipinski definition) is 3. The third kappa shape index (κ3) is 2.59. The number of methoxy groups -OCH3 is 2. The summed E-state index contributed by atoms with van der Waals surface area (Å²) in [4.78, 5) is 11.4. The van der Waals surface area contributed by atoms with Crippen LogP contribution in [0.25, 0.3) is 5.57 Å². The summed E-state index contributed by atoms with van der Waals surface area (Å²) in [6.07, 6.45) is 0. The second kappa shape index (κ2) is 5.20. The van der Waals surface area contributed by atoms with Gasteiger partial charge in [0.25, 0.3) is 0 Å². The van der Waals surface area contributed by atoms with E-state index >= 15 is 0 Å². The summed E-state index contributed by atoms with van der Waals surface area (Å²) in [7, 11) is 2.79. The lowest BCUT2D eigenvalue weighted by Gasteiger charge is -2.08. The lowest BCUT2D eigenvalue weighted by Crippen LogP contribution is -2.08. The van der Waals surface area contributed by atoms with Crippen LogP contribution < -0.4 is 0 Å². The molecule has 0 fully saturated rings. The fraction of sp³-hybridized carbons (Fsp3) is 0.250. The molecule has 3 heteroatoms. The number of carbonyl (C=O) groups is 1. The zero-order valence-corrected chi connectivity index (χ0v) is 9.11. The molecule has 0 bridgehead atoms. The highest BCUT2D eigenvalue weighted by Crippen LogP contribution is 2.18. The zero-order chi connectivity index (χ0) is 11.3. The fourth-order valence-electron chi connectivity index (χ4n) is 1.30. The first-order valence-electron chi connectivity index (χ1n) is 4.59. The number of esters is 1. The van der Waals surface area contributed by atoms with Crippen LogP contribution in [0, 0.1) is 0 Å². The van der Waals surface area contributed by atoms with Crippen LogP contribution >= 0.6 is 0 Å². The van der Waals surface area contributed by atoms with Crippen molar-refractivity contribution in [2.45, 2.75) is 6.92 Å². The van der Waals surface area contributed by atoms with E-state index in [0.717, 1.165) is 11.1 Å². The van der Waals surface area contributed by atoms with Gasteiger partial charge in [0.2, 0.25) is 5.76 Å². The maximum atomic E-state index is 11.4. The molecule has 0 heterocycles. The van der Waals surface area contributed by atoms with Gasteiger partial charge in [-0.2, -0.15) is 0 Å². The third-order valence-corrected chi connectivity index (χ3v) is 2.12. The van der Waals surface area contributed by atoms with E-state index in [0.29, 0.717) is 0 Å². The second-order valence-electron chi connectivity index (χ2n) is 3.02. The van der Waals surface area contributed by atoms with Crippen molar-refractivity contribution in [3.05, 3.63) is 41.7 Å². The highest BCUT2D eigenvalue weighted by molar-refractivity contribution is 5.95. The second-order valence-corrected chi connectivity index (χ2v) is 3.02. The standard InChI is InChI=1S/C12H14O3/c1-9(10-7-5-4-6-8-10)11(14-2)12(13)15-3/h4-8H,1-3H3/b11-9+. The molecule has 80 valence electrons. The number of benzene rings is 1. The minimum Gasteiger partial charge on any atom is -0.490 e. The molecule has 0 aromatic heterocycles. The van der Waals surface area contributed by atoms with Crippen molar-refractivity contribution in [3.63, 3.8) is 0 Å². The molecule has 1 aromatic carbocycles. The Bertz CT molecular complexity index is 366. The van der Waals surface area contributed by atoms with Crippen molar-refractivity contribution >= 4 is 11.5 Å². The Kier molecular flexibility index (Phi) is 3.92. The first-order chi connectivity index (χ1) is 7.20. The lowest BCUT2D eigenvalue weighted by molar-refractivity contribution is -0.139. The van der Waals surface area contributed by atoms with Gasteiger partial charge < -0.3 is 9.47 Å². The van der Waals surface area contributed by atoms with E-state index in [4.69, 9.17) is 4.74 Å². The zero-order valence-electron chi connectivity index (χ0n) is 9.11. The van der Waals surface area contributed by atoms with E-state index in [9.17, 15) is 4.79 Å². The molecule has 0 saturated heterocycles. The molecule has 1 rings (SSSR count). The summed E-state index contributed by atoms with van der Waals surface area (Å²) in [6.45, 7) is 1.82. The summed E-state index contributed by atoms with van der Waals surface area (Å²) in [6, 6.07) is 9.56. The van der Waals surface area contributed by atoms with Gasteiger partial charge in [-0.25, -0.2) is 4.79 Å². The maximum absolute atomic E-state index is 11.4. The first kappa shape index (κ1) is 11.3. The van der Waals surface area contributed by atoms with Crippen molar-refractivity contribution in [2.75, 3.05) is 14.2 Å². The summed E-state index contributed by atoms with van der Waals surface area (Å²) in [5.41, 5.74) is 1.71. The number of hydrogen-bond donors (Lipinski definition) is 0. The molecular formula is C12H14O3. The highest BCUT2D eigenvalue weighted by Gasteiger charge is 2.14. The van der Waals surface area contributed by atoms with E-state index in [1.165, 1.54) is 14.2 Å². The smallest absolute Gasteiger partial charge is 0.373 e. The van der Waals surface area contributed by atoms with Crippen LogP contribution in [0.4, 0.5) is 0 Å². The SMILES string of the molecule is COC(=O)/C(OC)=C(/C)c1ccccc1. The number of allylic oxidation sites excluding steroid dienone is 1. The van der Waals surface area contributed by atoms with E-state index in [1.54, 1.807) is 0 Å². The molecule has 0 N–H and O–H groups in total. The van der Waals surface area contributed by atoms with Crippen molar-refractivity contribution in [2.24, 2.45) is 0 Å². The molecular weight excluding hydrogens is 192 g/mol. The predicted molar refractivity (Wildman–Crippen MR) is 58.1 cm³/mol. The molecule has 0 spiro atoms. The maximum Gasteiger partial charge on any atom is 0.373 e. The average molecular weight is 206 g/mol. The molecule has 3 nitrogen and oxygen atoms in total. The van der Waals surface area contributed by atoms with Crippen LogP contribution in [0.15, 0.2) is 36.1 Å².